The summed E-state index contributed by atoms with van der Waals surface area (Å²) in [6.45, 7) is 6.84. The molecule has 0 saturated carbocycles. The highest BCUT2D eigenvalue weighted by Crippen LogP contribution is 2.13. The number of anilines is 1. The van der Waals surface area contributed by atoms with Crippen molar-refractivity contribution in [1.29, 1.82) is 0 Å². The van der Waals surface area contributed by atoms with Crippen LogP contribution in [0.1, 0.15) is 22.8 Å². The van der Waals surface area contributed by atoms with Crippen LogP contribution in [0.2, 0.25) is 0 Å². The third-order valence-corrected chi connectivity index (χ3v) is 4.98. The zero-order valence-corrected chi connectivity index (χ0v) is 17.7. The first kappa shape index (κ1) is 21.8. The number of amides is 1. The van der Waals surface area contributed by atoms with Crippen molar-refractivity contribution < 1.29 is 14.3 Å². The van der Waals surface area contributed by atoms with Crippen LogP contribution >= 0.6 is 0 Å². The number of hydrogen-bond donors (Lipinski definition) is 2. The molecule has 0 atom stereocenters. The van der Waals surface area contributed by atoms with Crippen LogP contribution in [-0.2, 0) is 11.2 Å². The van der Waals surface area contributed by atoms with Crippen molar-refractivity contribution in [2.45, 2.75) is 13.3 Å². The normalized spacial score (nSPS) is 14.9. The van der Waals surface area contributed by atoms with Crippen molar-refractivity contribution in [3.63, 3.8) is 0 Å². The van der Waals surface area contributed by atoms with Crippen molar-refractivity contribution in [2.24, 2.45) is 4.99 Å². The van der Waals surface area contributed by atoms with Gasteiger partial charge in [0, 0.05) is 30.9 Å². The highest BCUT2D eigenvalue weighted by atomic mass is 16.5. The molecule has 2 aromatic carbocycles. The molecule has 1 heterocycles. The number of hydrogen-bond acceptors (Lipinski definition) is 5. The SMILES string of the molecule is CCc1ccc(NC(=NCCN2CCOCC2)NC(=O)c2cccc(OC)c2)cc1. The van der Waals surface area contributed by atoms with E-state index < -0.39 is 0 Å². The van der Waals surface area contributed by atoms with Gasteiger partial charge in [-0.1, -0.05) is 25.1 Å². The summed E-state index contributed by atoms with van der Waals surface area (Å²) >= 11 is 0. The lowest BCUT2D eigenvalue weighted by Gasteiger charge is -2.25. The van der Waals surface area contributed by atoms with Gasteiger partial charge in [-0.25, -0.2) is 0 Å². The number of aliphatic imine (C=N–C) groups is 1. The molecule has 0 radical (unpaired) electrons. The van der Waals surface area contributed by atoms with Crippen molar-refractivity contribution in [1.82, 2.24) is 10.2 Å². The number of nitrogens with zero attached hydrogens (tertiary/aromatic N) is 2. The van der Waals surface area contributed by atoms with Gasteiger partial charge in [0.25, 0.3) is 5.91 Å². The monoisotopic (exact) mass is 410 g/mol. The van der Waals surface area contributed by atoms with Crippen LogP contribution in [0, 0.1) is 0 Å². The topological polar surface area (TPSA) is 75.2 Å². The quantitative estimate of drug-likeness (QED) is 0.542. The van der Waals surface area contributed by atoms with Crippen LogP contribution in [0.4, 0.5) is 5.69 Å². The fraction of sp³-hybridized carbons (Fsp3) is 0.391. The minimum atomic E-state index is -0.239. The van der Waals surface area contributed by atoms with Crippen LogP contribution in [0.3, 0.4) is 0 Å². The Morgan fingerprint density at radius 3 is 2.63 bits per heavy atom. The molecule has 1 amide bonds. The van der Waals surface area contributed by atoms with Crippen LogP contribution in [0.5, 0.6) is 5.75 Å². The number of nitrogens with one attached hydrogen (secondary N) is 2. The minimum Gasteiger partial charge on any atom is -0.497 e. The minimum absolute atomic E-state index is 0.239. The Kier molecular flexibility index (Phi) is 8.23. The Bertz CT molecular complexity index is 846. The number of carbonyl (C=O) groups is 1. The predicted octanol–water partition coefficient (Wildman–Crippen LogP) is 2.79. The second-order valence-corrected chi connectivity index (χ2v) is 7.05. The van der Waals surface area contributed by atoms with Gasteiger partial charge in [-0.3, -0.25) is 20.0 Å². The van der Waals surface area contributed by atoms with Gasteiger partial charge in [0.1, 0.15) is 5.75 Å². The van der Waals surface area contributed by atoms with Gasteiger partial charge in [0.05, 0.1) is 26.9 Å². The number of benzene rings is 2. The maximum atomic E-state index is 12.8. The molecule has 1 aliphatic rings. The first-order valence-corrected chi connectivity index (χ1v) is 10.3. The molecule has 7 heteroatoms. The summed E-state index contributed by atoms with van der Waals surface area (Å²) < 4.78 is 10.6. The molecule has 0 spiro atoms. The zero-order chi connectivity index (χ0) is 21.2. The summed E-state index contributed by atoms with van der Waals surface area (Å²) in [5.41, 5.74) is 2.65. The first-order valence-electron chi connectivity index (χ1n) is 10.3. The Hall–Kier alpha value is -2.90. The van der Waals surface area contributed by atoms with Gasteiger partial charge in [-0.2, -0.15) is 0 Å². The average Bonchev–Trinajstić information content (AvgIpc) is 2.80. The Balaban J connectivity index is 1.69. The molecule has 160 valence electrons. The Labute approximate surface area is 178 Å². The molecule has 1 saturated heterocycles. The van der Waals surface area contributed by atoms with Crippen LogP contribution in [0.15, 0.2) is 53.5 Å². The molecule has 1 aliphatic heterocycles. The van der Waals surface area contributed by atoms with Gasteiger partial charge >= 0.3 is 0 Å². The van der Waals surface area contributed by atoms with E-state index in [1.165, 1.54) is 5.56 Å². The van der Waals surface area contributed by atoms with E-state index in [4.69, 9.17) is 9.47 Å². The summed E-state index contributed by atoms with van der Waals surface area (Å²) in [6.07, 6.45) is 0.980. The molecule has 3 rings (SSSR count). The lowest BCUT2D eigenvalue weighted by atomic mass is 10.1. The zero-order valence-electron chi connectivity index (χ0n) is 17.7. The number of methoxy groups -OCH3 is 1. The molecule has 0 unspecified atom stereocenters. The van der Waals surface area contributed by atoms with Crippen molar-refractivity contribution in [2.75, 3.05) is 51.8 Å². The molecule has 7 nitrogen and oxygen atoms in total. The molecular weight excluding hydrogens is 380 g/mol. The number of rotatable bonds is 7. The lowest BCUT2D eigenvalue weighted by molar-refractivity contribution is 0.0394. The highest BCUT2D eigenvalue weighted by molar-refractivity contribution is 6.10. The van der Waals surface area contributed by atoms with Gasteiger partial charge in [-0.05, 0) is 42.3 Å². The van der Waals surface area contributed by atoms with Crippen LogP contribution in [-0.4, -0.2) is 63.3 Å². The molecule has 2 N–H and O–H groups in total. The van der Waals surface area contributed by atoms with E-state index >= 15 is 0 Å². The third kappa shape index (κ3) is 6.57. The van der Waals surface area contributed by atoms with E-state index in [2.05, 4.69) is 39.6 Å². The number of guanidine groups is 1. The summed E-state index contributed by atoms with van der Waals surface area (Å²) in [6, 6.07) is 15.2. The predicted molar refractivity (Wildman–Crippen MR) is 119 cm³/mol. The van der Waals surface area contributed by atoms with Gasteiger partial charge in [0.2, 0.25) is 5.96 Å². The highest BCUT2D eigenvalue weighted by Gasteiger charge is 2.12. The second kappa shape index (κ2) is 11.3. The maximum Gasteiger partial charge on any atom is 0.258 e. The van der Waals surface area contributed by atoms with Crippen LogP contribution < -0.4 is 15.4 Å². The number of ether oxygens (including phenoxy) is 2. The van der Waals surface area contributed by atoms with Crippen LogP contribution in [0.25, 0.3) is 0 Å². The van der Waals surface area contributed by atoms with E-state index in [1.807, 2.05) is 18.2 Å². The number of carbonyl (C=O) groups excluding carboxylic acids is 1. The Morgan fingerprint density at radius 2 is 1.93 bits per heavy atom. The second-order valence-electron chi connectivity index (χ2n) is 7.05. The molecule has 0 aliphatic carbocycles. The van der Waals surface area contributed by atoms with E-state index in [-0.39, 0.29) is 5.91 Å². The van der Waals surface area contributed by atoms with E-state index in [9.17, 15) is 4.79 Å². The maximum absolute atomic E-state index is 12.8. The van der Waals surface area contributed by atoms with Gasteiger partial charge in [0.15, 0.2) is 0 Å². The molecule has 30 heavy (non-hydrogen) atoms. The van der Waals surface area contributed by atoms with E-state index in [1.54, 1.807) is 25.3 Å². The number of morpholine rings is 1. The summed E-state index contributed by atoms with van der Waals surface area (Å²) in [7, 11) is 1.58. The molecule has 0 bridgehead atoms. The fourth-order valence-corrected chi connectivity index (χ4v) is 3.14. The number of aryl methyl sites for hydroxylation is 1. The first-order chi connectivity index (χ1) is 14.7. The van der Waals surface area contributed by atoms with Crippen molar-refractivity contribution >= 4 is 17.6 Å². The van der Waals surface area contributed by atoms with Crippen molar-refractivity contribution in [3.8, 4) is 5.75 Å². The Morgan fingerprint density at radius 1 is 1.17 bits per heavy atom. The summed E-state index contributed by atoms with van der Waals surface area (Å²) in [5, 5.41) is 6.14. The molecule has 0 aromatic heterocycles. The average molecular weight is 411 g/mol. The standard InChI is InChI=1S/C23H30N4O3/c1-3-18-7-9-20(10-8-18)25-23(24-11-12-27-13-15-30-16-14-27)26-22(28)19-5-4-6-21(17-19)29-2/h4-10,17H,3,11-16H2,1-2H3,(H2,24,25,26,28). The molecule has 2 aromatic rings. The lowest BCUT2D eigenvalue weighted by Crippen LogP contribution is -2.39. The largest absolute Gasteiger partial charge is 0.497 e. The van der Waals surface area contributed by atoms with Crippen molar-refractivity contribution in [3.05, 3.63) is 59.7 Å². The van der Waals surface area contributed by atoms with E-state index in [0.717, 1.165) is 45.0 Å². The smallest absolute Gasteiger partial charge is 0.258 e. The molecule has 1 fully saturated rings. The third-order valence-electron chi connectivity index (χ3n) is 4.98. The molecular formula is C23H30N4O3. The van der Waals surface area contributed by atoms with E-state index in [0.29, 0.717) is 23.8 Å². The summed E-state index contributed by atoms with van der Waals surface area (Å²) in [4.78, 5) is 19.7. The fourth-order valence-electron chi connectivity index (χ4n) is 3.14. The van der Waals surface area contributed by atoms with Gasteiger partial charge in [-0.15, -0.1) is 0 Å². The van der Waals surface area contributed by atoms with Gasteiger partial charge < -0.3 is 14.8 Å². The summed E-state index contributed by atoms with van der Waals surface area (Å²) in [5.74, 6) is 0.827.